The summed E-state index contributed by atoms with van der Waals surface area (Å²) in [5.74, 6) is -0.0232. The molecule has 0 radical (unpaired) electrons. The van der Waals surface area contributed by atoms with E-state index in [1.807, 2.05) is 0 Å². The van der Waals surface area contributed by atoms with Gasteiger partial charge in [-0.05, 0) is 48.0 Å². The molecule has 8 heteroatoms. The zero-order chi connectivity index (χ0) is 22.2. The highest BCUT2D eigenvalue weighted by molar-refractivity contribution is 6.33. The minimum Gasteiger partial charge on any atom is -0.496 e. The van der Waals surface area contributed by atoms with Crippen LogP contribution in [0.5, 0.6) is 17.2 Å². The van der Waals surface area contributed by atoms with Gasteiger partial charge in [-0.15, -0.1) is 0 Å². The van der Waals surface area contributed by atoms with Crippen LogP contribution in [0, 0.1) is 0 Å². The molecule has 0 fully saturated rings. The summed E-state index contributed by atoms with van der Waals surface area (Å²) in [6, 6.07) is 18.3. The third-order valence-corrected chi connectivity index (χ3v) is 4.55. The van der Waals surface area contributed by atoms with Crippen LogP contribution in [0.3, 0.4) is 0 Å². The van der Waals surface area contributed by atoms with Gasteiger partial charge in [0.25, 0.3) is 5.91 Å². The average molecular weight is 439 g/mol. The summed E-state index contributed by atoms with van der Waals surface area (Å²) in [4.78, 5) is 24.7. The molecule has 0 saturated carbocycles. The number of nitrogens with zero attached hydrogens (tertiary/aromatic N) is 1. The minimum absolute atomic E-state index is 0.225. The quantitative estimate of drug-likeness (QED) is 0.256. The molecule has 0 heterocycles. The number of carbonyl (C=O) groups excluding carboxylic acids is 2. The molecule has 1 amide bonds. The fraction of sp³-hybridized carbons (Fsp3) is 0.0870. The maximum atomic E-state index is 12.4. The smallest absolute Gasteiger partial charge is 0.345 e. The molecule has 7 nitrogen and oxygen atoms in total. The van der Waals surface area contributed by atoms with Crippen molar-refractivity contribution in [3.63, 3.8) is 0 Å². The van der Waals surface area contributed by atoms with E-state index < -0.39 is 11.9 Å². The van der Waals surface area contributed by atoms with Gasteiger partial charge in [-0.1, -0.05) is 35.9 Å². The molecule has 0 aliphatic carbocycles. The van der Waals surface area contributed by atoms with Gasteiger partial charge in [-0.2, -0.15) is 5.10 Å². The van der Waals surface area contributed by atoms with Gasteiger partial charge in [0, 0.05) is 0 Å². The Kier molecular flexibility index (Phi) is 7.24. The molecule has 3 rings (SSSR count). The van der Waals surface area contributed by atoms with E-state index in [-0.39, 0.29) is 11.3 Å². The zero-order valence-electron chi connectivity index (χ0n) is 16.8. The number of nitrogens with one attached hydrogen (secondary N) is 1. The summed E-state index contributed by atoms with van der Waals surface area (Å²) >= 11 is 6.04. The molecule has 3 aromatic carbocycles. The number of rotatable bonds is 7. The van der Waals surface area contributed by atoms with Gasteiger partial charge in [-0.3, -0.25) is 4.79 Å². The second-order valence-corrected chi connectivity index (χ2v) is 6.59. The Hall–Kier alpha value is -3.84. The summed E-state index contributed by atoms with van der Waals surface area (Å²) < 4.78 is 15.9. The van der Waals surface area contributed by atoms with Gasteiger partial charge < -0.3 is 14.2 Å². The number of carbonyl (C=O) groups is 2. The van der Waals surface area contributed by atoms with Crippen LogP contribution < -0.4 is 19.6 Å². The Balaban J connectivity index is 1.70. The molecule has 1 N–H and O–H groups in total. The lowest BCUT2D eigenvalue weighted by Gasteiger charge is -2.10. The van der Waals surface area contributed by atoms with Gasteiger partial charge in [0.05, 0.1) is 36.6 Å². The van der Waals surface area contributed by atoms with E-state index in [2.05, 4.69) is 10.5 Å². The molecular formula is C23H19ClN2O5. The molecule has 3 aromatic rings. The second-order valence-electron chi connectivity index (χ2n) is 6.18. The van der Waals surface area contributed by atoms with Crippen LogP contribution in [-0.2, 0) is 0 Å². The number of ether oxygens (including phenoxy) is 3. The number of halogens is 1. The van der Waals surface area contributed by atoms with E-state index in [1.54, 1.807) is 66.7 Å². The number of methoxy groups -OCH3 is 2. The predicted molar refractivity (Wildman–Crippen MR) is 117 cm³/mol. The highest BCUT2D eigenvalue weighted by Crippen LogP contribution is 2.29. The maximum Gasteiger partial charge on any atom is 0.345 e. The normalized spacial score (nSPS) is 10.5. The average Bonchev–Trinajstić information content (AvgIpc) is 2.80. The third-order valence-electron chi connectivity index (χ3n) is 4.22. The highest BCUT2D eigenvalue weighted by Gasteiger charge is 2.15. The molecule has 0 aliphatic rings. The van der Waals surface area contributed by atoms with E-state index in [1.165, 1.54) is 20.4 Å². The Morgan fingerprint density at radius 2 is 1.55 bits per heavy atom. The summed E-state index contributed by atoms with van der Waals surface area (Å²) in [7, 11) is 2.94. The van der Waals surface area contributed by atoms with Crippen LogP contribution in [0.1, 0.15) is 26.3 Å². The summed E-state index contributed by atoms with van der Waals surface area (Å²) in [5, 5.41) is 4.25. The summed E-state index contributed by atoms with van der Waals surface area (Å²) in [5.41, 5.74) is 3.67. The van der Waals surface area contributed by atoms with Crippen molar-refractivity contribution in [3.8, 4) is 17.2 Å². The lowest BCUT2D eigenvalue weighted by atomic mass is 10.2. The van der Waals surface area contributed by atoms with Crippen LogP contribution in [0.25, 0.3) is 0 Å². The lowest BCUT2D eigenvalue weighted by Crippen LogP contribution is -2.18. The zero-order valence-corrected chi connectivity index (χ0v) is 17.6. The van der Waals surface area contributed by atoms with E-state index in [9.17, 15) is 9.59 Å². The van der Waals surface area contributed by atoms with E-state index in [4.69, 9.17) is 25.8 Å². The highest BCUT2D eigenvalue weighted by atomic mass is 35.5. The SMILES string of the molecule is COc1cc(/C=N/NC(=O)c2ccccc2OC)ccc1OC(=O)c1ccccc1Cl. The van der Waals surface area contributed by atoms with Crippen molar-refractivity contribution in [1.82, 2.24) is 5.43 Å². The molecule has 0 bridgehead atoms. The summed E-state index contributed by atoms with van der Waals surface area (Å²) in [6.07, 6.45) is 1.44. The lowest BCUT2D eigenvalue weighted by molar-refractivity contribution is 0.0729. The van der Waals surface area contributed by atoms with Crippen molar-refractivity contribution >= 4 is 29.7 Å². The first-order valence-electron chi connectivity index (χ1n) is 9.14. The van der Waals surface area contributed by atoms with Gasteiger partial charge in [0.15, 0.2) is 11.5 Å². The standard InChI is InChI=1S/C23H19ClN2O5/c1-29-19-10-6-4-8-17(19)22(27)26-25-14-15-11-12-20(21(13-15)30-2)31-23(28)16-7-3-5-9-18(16)24/h3-14H,1-2H3,(H,26,27)/b25-14+. The number of hydrogen-bond donors (Lipinski definition) is 1. The first-order valence-corrected chi connectivity index (χ1v) is 9.52. The van der Waals surface area contributed by atoms with Crippen molar-refractivity contribution in [2.45, 2.75) is 0 Å². The third kappa shape index (κ3) is 5.40. The van der Waals surface area contributed by atoms with E-state index >= 15 is 0 Å². The van der Waals surface area contributed by atoms with Crippen LogP contribution in [0.15, 0.2) is 71.8 Å². The largest absolute Gasteiger partial charge is 0.496 e. The van der Waals surface area contributed by atoms with Gasteiger partial charge in [-0.25, -0.2) is 10.2 Å². The Bertz CT molecular complexity index is 1130. The van der Waals surface area contributed by atoms with Crippen LogP contribution >= 0.6 is 11.6 Å². The number of amides is 1. The Morgan fingerprint density at radius 3 is 2.26 bits per heavy atom. The van der Waals surface area contributed by atoms with Crippen LogP contribution in [0.4, 0.5) is 0 Å². The molecule has 0 spiro atoms. The van der Waals surface area contributed by atoms with Gasteiger partial charge in [0.1, 0.15) is 5.75 Å². The number of hydrazone groups is 1. The van der Waals surface area contributed by atoms with Gasteiger partial charge in [0.2, 0.25) is 0 Å². The Labute approximate surface area is 184 Å². The number of benzene rings is 3. The molecule has 0 aliphatic heterocycles. The monoisotopic (exact) mass is 438 g/mol. The van der Waals surface area contributed by atoms with Crippen molar-refractivity contribution in [1.29, 1.82) is 0 Å². The molecule has 0 saturated heterocycles. The number of hydrogen-bond acceptors (Lipinski definition) is 6. The topological polar surface area (TPSA) is 86.2 Å². The van der Waals surface area contributed by atoms with E-state index in [0.717, 1.165) is 0 Å². The second kappa shape index (κ2) is 10.3. The van der Waals surface area contributed by atoms with Crippen LogP contribution in [-0.4, -0.2) is 32.3 Å². The molecule has 0 atom stereocenters. The maximum absolute atomic E-state index is 12.4. The van der Waals surface area contributed by atoms with Crippen molar-refractivity contribution < 1.29 is 23.8 Å². The molecule has 158 valence electrons. The molecular weight excluding hydrogens is 420 g/mol. The fourth-order valence-electron chi connectivity index (χ4n) is 2.69. The predicted octanol–water partition coefficient (Wildman–Crippen LogP) is 4.34. The minimum atomic E-state index is -0.602. The summed E-state index contributed by atoms with van der Waals surface area (Å²) in [6.45, 7) is 0. The first-order chi connectivity index (χ1) is 15.0. The van der Waals surface area contributed by atoms with Crippen molar-refractivity contribution in [2.75, 3.05) is 14.2 Å². The molecule has 31 heavy (non-hydrogen) atoms. The van der Waals surface area contributed by atoms with E-state index in [0.29, 0.717) is 27.6 Å². The number of para-hydroxylation sites is 1. The number of esters is 1. The first kappa shape index (κ1) is 21.9. The Morgan fingerprint density at radius 1 is 0.871 bits per heavy atom. The van der Waals surface area contributed by atoms with Crippen molar-refractivity contribution in [2.24, 2.45) is 5.10 Å². The van der Waals surface area contributed by atoms with Gasteiger partial charge >= 0.3 is 5.97 Å². The molecule has 0 aromatic heterocycles. The fourth-order valence-corrected chi connectivity index (χ4v) is 2.90. The van der Waals surface area contributed by atoms with Crippen molar-refractivity contribution in [3.05, 3.63) is 88.4 Å². The molecule has 0 unspecified atom stereocenters. The van der Waals surface area contributed by atoms with Crippen LogP contribution in [0.2, 0.25) is 5.02 Å².